The van der Waals surface area contributed by atoms with Gasteiger partial charge in [-0.05, 0) is 69.6 Å². The van der Waals surface area contributed by atoms with Gasteiger partial charge in [0.25, 0.3) is 0 Å². The smallest absolute Gasteiger partial charge is 0.241 e. The average molecular weight is 446 g/mol. The Balaban J connectivity index is 1.13. The monoisotopic (exact) mass is 445 g/mol. The lowest BCUT2D eigenvalue weighted by Gasteiger charge is -2.35. The number of piperidine rings is 2. The van der Waals surface area contributed by atoms with Crippen LogP contribution in [-0.2, 0) is 11.3 Å². The Hall–Kier alpha value is -1.77. The van der Waals surface area contributed by atoms with E-state index in [0.29, 0.717) is 18.3 Å². The zero-order valence-corrected chi connectivity index (χ0v) is 19.4. The number of likely N-dealkylation sites (tertiary alicyclic amines) is 2. The van der Waals surface area contributed by atoms with Gasteiger partial charge in [0.1, 0.15) is 0 Å². The number of hydrogen-bond acceptors (Lipinski definition) is 7. The largest absolute Gasteiger partial charge is 0.356 e. The molecule has 0 radical (unpaired) electrons. The molecule has 8 heteroatoms. The lowest BCUT2D eigenvalue weighted by molar-refractivity contribution is -0.126. The van der Waals surface area contributed by atoms with Crippen molar-refractivity contribution in [3.63, 3.8) is 0 Å². The first-order valence-electron chi connectivity index (χ1n) is 11.8. The molecule has 2 aromatic heterocycles. The molecule has 2 fully saturated rings. The Bertz CT molecular complexity index is 801. The molecule has 0 aliphatic carbocycles. The molecule has 1 N–H and O–H groups in total. The normalized spacial score (nSPS) is 21.4. The predicted molar refractivity (Wildman–Crippen MR) is 123 cm³/mol. The molecule has 0 bridgehead atoms. The molecule has 0 spiro atoms. The summed E-state index contributed by atoms with van der Waals surface area (Å²) in [7, 11) is 0. The Morgan fingerprint density at radius 2 is 2.13 bits per heavy atom. The van der Waals surface area contributed by atoms with Crippen molar-refractivity contribution in [1.29, 1.82) is 0 Å². The van der Waals surface area contributed by atoms with Crippen LogP contribution in [0.25, 0.3) is 10.7 Å². The molecule has 7 nitrogen and oxygen atoms in total. The van der Waals surface area contributed by atoms with Gasteiger partial charge in [-0.25, -0.2) is 0 Å². The van der Waals surface area contributed by atoms with Crippen molar-refractivity contribution in [2.75, 3.05) is 32.7 Å². The van der Waals surface area contributed by atoms with Crippen molar-refractivity contribution < 1.29 is 9.32 Å². The van der Waals surface area contributed by atoms with Gasteiger partial charge in [0.05, 0.1) is 11.4 Å². The van der Waals surface area contributed by atoms with E-state index in [-0.39, 0.29) is 11.8 Å². The van der Waals surface area contributed by atoms with Crippen LogP contribution in [0.15, 0.2) is 22.0 Å². The second-order valence-corrected chi connectivity index (χ2v) is 9.73. The summed E-state index contributed by atoms with van der Waals surface area (Å²) >= 11 is 1.61. The van der Waals surface area contributed by atoms with Crippen LogP contribution in [-0.4, -0.2) is 64.6 Å². The summed E-state index contributed by atoms with van der Waals surface area (Å²) in [4.78, 5) is 23.0. The number of hydrogen-bond donors (Lipinski definition) is 1. The van der Waals surface area contributed by atoms with Crippen molar-refractivity contribution in [3.05, 3.63) is 23.4 Å². The quantitative estimate of drug-likeness (QED) is 0.592. The zero-order valence-electron chi connectivity index (χ0n) is 18.6. The molecule has 1 amide bonds. The van der Waals surface area contributed by atoms with Crippen LogP contribution in [0.4, 0.5) is 0 Å². The van der Waals surface area contributed by atoms with Crippen molar-refractivity contribution in [3.8, 4) is 10.7 Å². The number of carbonyl (C=O) groups excluding carboxylic acids is 1. The summed E-state index contributed by atoms with van der Waals surface area (Å²) in [5.74, 6) is 1.66. The van der Waals surface area contributed by atoms with E-state index in [9.17, 15) is 4.79 Å². The number of nitrogens with one attached hydrogen (secondary N) is 1. The Morgan fingerprint density at radius 3 is 2.90 bits per heavy atom. The van der Waals surface area contributed by atoms with E-state index in [1.54, 1.807) is 11.3 Å². The molecule has 31 heavy (non-hydrogen) atoms. The van der Waals surface area contributed by atoms with Crippen LogP contribution in [0, 0.1) is 5.92 Å². The predicted octanol–water partition coefficient (Wildman–Crippen LogP) is 3.78. The van der Waals surface area contributed by atoms with Gasteiger partial charge >= 0.3 is 0 Å². The topological polar surface area (TPSA) is 74.5 Å². The van der Waals surface area contributed by atoms with Crippen LogP contribution in [0.3, 0.4) is 0 Å². The van der Waals surface area contributed by atoms with Gasteiger partial charge in [0, 0.05) is 25.0 Å². The van der Waals surface area contributed by atoms with Gasteiger partial charge in [-0.15, -0.1) is 11.3 Å². The van der Waals surface area contributed by atoms with Crippen molar-refractivity contribution >= 4 is 17.2 Å². The first-order valence-corrected chi connectivity index (χ1v) is 12.7. The van der Waals surface area contributed by atoms with E-state index in [1.807, 2.05) is 17.5 Å². The van der Waals surface area contributed by atoms with E-state index in [4.69, 9.17) is 4.52 Å². The molecule has 1 unspecified atom stereocenters. The van der Waals surface area contributed by atoms with Crippen LogP contribution >= 0.6 is 11.3 Å². The third-order valence-electron chi connectivity index (χ3n) is 6.67. The van der Waals surface area contributed by atoms with Crippen LogP contribution < -0.4 is 5.32 Å². The molecule has 4 rings (SSSR count). The minimum absolute atomic E-state index is 0.124. The van der Waals surface area contributed by atoms with Crippen LogP contribution in [0.5, 0.6) is 0 Å². The minimum atomic E-state index is 0.124. The van der Waals surface area contributed by atoms with Crippen molar-refractivity contribution in [1.82, 2.24) is 25.3 Å². The zero-order chi connectivity index (χ0) is 21.5. The van der Waals surface area contributed by atoms with E-state index in [1.165, 1.54) is 32.2 Å². The Labute approximate surface area is 189 Å². The fourth-order valence-electron chi connectivity index (χ4n) is 4.82. The molecule has 2 aromatic rings. The summed E-state index contributed by atoms with van der Waals surface area (Å²) in [5.41, 5.74) is 0. The lowest BCUT2D eigenvalue weighted by atomic mass is 9.96. The molecular weight excluding hydrogens is 410 g/mol. The number of carbonyl (C=O) groups is 1. The van der Waals surface area contributed by atoms with E-state index in [2.05, 4.69) is 32.2 Å². The van der Waals surface area contributed by atoms with Gasteiger partial charge < -0.3 is 14.7 Å². The highest BCUT2D eigenvalue weighted by Gasteiger charge is 2.26. The number of aromatic nitrogens is 2. The molecule has 2 aliphatic heterocycles. The van der Waals surface area contributed by atoms with E-state index >= 15 is 0 Å². The Morgan fingerprint density at radius 1 is 1.26 bits per heavy atom. The SMILES string of the molecule is CCC1CCCCN1CCCNC(=O)C1CCN(Cc2nc(-c3cccs3)no2)CC1. The highest BCUT2D eigenvalue weighted by atomic mass is 32.1. The highest BCUT2D eigenvalue weighted by molar-refractivity contribution is 7.13. The summed E-state index contributed by atoms with van der Waals surface area (Å²) in [6, 6.07) is 4.73. The average Bonchev–Trinajstić information content (AvgIpc) is 3.49. The molecule has 2 saturated heterocycles. The van der Waals surface area contributed by atoms with Crippen LogP contribution in [0.2, 0.25) is 0 Å². The molecule has 0 saturated carbocycles. The minimum Gasteiger partial charge on any atom is -0.356 e. The summed E-state index contributed by atoms with van der Waals surface area (Å²) in [6.07, 6.45) is 8.09. The maximum Gasteiger partial charge on any atom is 0.241 e. The number of amides is 1. The van der Waals surface area contributed by atoms with E-state index < -0.39 is 0 Å². The fraction of sp³-hybridized carbons (Fsp3) is 0.696. The summed E-state index contributed by atoms with van der Waals surface area (Å²) in [5, 5.41) is 9.28. The maximum absolute atomic E-state index is 12.6. The second kappa shape index (κ2) is 11.2. The molecular formula is C23H35N5O2S. The van der Waals surface area contributed by atoms with Gasteiger partial charge in [0.2, 0.25) is 17.6 Å². The van der Waals surface area contributed by atoms with Gasteiger partial charge in [-0.1, -0.05) is 24.6 Å². The Kier molecular flexibility index (Phi) is 8.10. The van der Waals surface area contributed by atoms with Crippen LogP contribution in [0.1, 0.15) is 57.8 Å². The second-order valence-electron chi connectivity index (χ2n) is 8.78. The lowest BCUT2D eigenvalue weighted by Crippen LogP contribution is -2.42. The van der Waals surface area contributed by atoms with Gasteiger partial charge in [0.15, 0.2) is 0 Å². The summed E-state index contributed by atoms with van der Waals surface area (Å²) in [6.45, 7) is 7.84. The van der Waals surface area contributed by atoms with Gasteiger partial charge in [-0.3, -0.25) is 9.69 Å². The first-order chi connectivity index (χ1) is 15.2. The highest BCUT2D eigenvalue weighted by Crippen LogP contribution is 2.23. The van der Waals surface area contributed by atoms with Gasteiger partial charge in [-0.2, -0.15) is 4.98 Å². The fourth-order valence-corrected chi connectivity index (χ4v) is 5.47. The molecule has 0 aromatic carbocycles. The molecule has 4 heterocycles. The summed E-state index contributed by atoms with van der Waals surface area (Å²) < 4.78 is 5.42. The standard InChI is InChI=1S/C23H35N5O2S/c1-2-19-7-3-4-12-28(19)13-6-11-24-23(29)18-9-14-27(15-10-18)17-21-25-22(26-30-21)20-8-5-16-31-20/h5,8,16,18-19H,2-4,6-7,9-15,17H2,1H3,(H,24,29). The third kappa shape index (κ3) is 6.14. The number of rotatable bonds is 9. The molecule has 1 atom stereocenters. The molecule has 2 aliphatic rings. The third-order valence-corrected chi connectivity index (χ3v) is 7.53. The van der Waals surface area contributed by atoms with E-state index in [0.717, 1.165) is 56.4 Å². The number of nitrogens with zero attached hydrogens (tertiary/aromatic N) is 4. The number of thiophene rings is 1. The maximum atomic E-state index is 12.6. The van der Waals surface area contributed by atoms with Crippen molar-refractivity contribution in [2.45, 2.75) is 64.5 Å². The first kappa shape index (κ1) is 22.4. The van der Waals surface area contributed by atoms with Crippen molar-refractivity contribution in [2.24, 2.45) is 5.92 Å². The molecule has 170 valence electrons.